The average Bonchev–Trinajstić information content (AvgIpc) is 3.23. The lowest BCUT2D eigenvalue weighted by Gasteiger charge is -2.31. The lowest BCUT2D eigenvalue weighted by molar-refractivity contribution is 0.306. The number of piperidine rings is 1. The molecule has 3 nitrogen and oxygen atoms in total. The normalized spacial score (nSPS) is 17.8. The molecule has 132 valence electrons. The third-order valence-electron chi connectivity index (χ3n) is 5.35. The molecule has 2 aliphatic rings. The molecule has 2 aliphatic heterocycles. The van der Waals surface area contributed by atoms with Crippen LogP contribution in [0.3, 0.4) is 0 Å². The molecule has 0 N–H and O–H groups in total. The number of benzene rings is 2. The van der Waals surface area contributed by atoms with E-state index >= 15 is 0 Å². The molecule has 3 heteroatoms. The molecule has 2 heterocycles. The van der Waals surface area contributed by atoms with Gasteiger partial charge in [-0.25, -0.2) is 0 Å². The van der Waals surface area contributed by atoms with Gasteiger partial charge in [0.15, 0.2) is 0 Å². The molecule has 0 unspecified atom stereocenters. The highest BCUT2D eigenvalue weighted by atomic mass is 16.5. The van der Waals surface area contributed by atoms with Crippen LogP contribution in [0.4, 0.5) is 11.4 Å². The van der Waals surface area contributed by atoms with Crippen molar-refractivity contribution >= 4 is 11.4 Å². The highest BCUT2D eigenvalue weighted by Crippen LogP contribution is 2.36. The van der Waals surface area contributed by atoms with Crippen LogP contribution >= 0.6 is 0 Å². The first-order chi connectivity index (χ1) is 12.4. The molecule has 4 rings (SSSR count). The van der Waals surface area contributed by atoms with E-state index in [2.05, 4.69) is 52.3 Å². The molecular weight excluding hydrogens is 308 g/mol. The van der Waals surface area contributed by atoms with Crippen molar-refractivity contribution in [3.8, 4) is 5.75 Å². The van der Waals surface area contributed by atoms with Gasteiger partial charge in [0.2, 0.25) is 0 Å². The summed E-state index contributed by atoms with van der Waals surface area (Å²) < 4.78 is 6.23. The fourth-order valence-electron chi connectivity index (χ4n) is 3.92. The van der Waals surface area contributed by atoms with Crippen molar-refractivity contribution in [2.24, 2.45) is 0 Å². The van der Waals surface area contributed by atoms with Gasteiger partial charge in [-0.05, 0) is 55.9 Å². The number of hydrogen-bond donors (Lipinski definition) is 0. The molecule has 0 saturated carbocycles. The summed E-state index contributed by atoms with van der Waals surface area (Å²) >= 11 is 0. The second kappa shape index (κ2) is 7.81. The van der Waals surface area contributed by atoms with Gasteiger partial charge in [-0.2, -0.15) is 0 Å². The summed E-state index contributed by atoms with van der Waals surface area (Å²) in [5.74, 6) is 1.02. The molecular formula is C22H28N2O. The molecule has 2 fully saturated rings. The third-order valence-corrected chi connectivity index (χ3v) is 5.35. The Morgan fingerprint density at radius 3 is 2.16 bits per heavy atom. The Morgan fingerprint density at radius 2 is 1.40 bits per heavy atom. The van der Waals surface area contributed by atoms with Gasteiger partial charge in [0.1, 0.15) is 12.4 Å². The van der Waals surface area contributed by atoms with Gasteiger partial charge < -0.3 is 14.5 Å². The summed E-state index contributed by atoms with van der Waals surface area (Å²) in [6.45, 7) is 5.29. The second-order valence-corrected chi connectivity index (χ2v) is 7.17. The van der Waals surface area contributed by atoms with Crippen LogP contribution < -0.4 is 14.5 Å². The van der Waals surface area contributed by atoms with E-state index in [0.717, 1.165) is 18.8 Å². The van der Waals surface area contributed by atoms with Crippen LogP contribution in [-0.4, -0.2) is 26.2 Å². The lowest BCUT2D eigenvalue weighted by atomic mass is 10.1. The quantitative estimate of drug-likeness (QED) is 0.776. The minimum Gasteiger partial charge on any atom is -0.487 e. The van der Waals surface area contributed by atoms with E-state index in [1.807, 2.05) is 6.07 Å². The van der Waals surface area contributed by atoms with Crippen LogP contribution in [0.15, 0.2) is 48.5 Å². The summed E-state index contributed by atoms with van der Waals surface area (Å²) in [6.07, 6.45) is 6.54. The second-order valence-electron chi connectivity index (χ2n) is 7.17. The highest BCUT2D eigenvalue weighted by Gasteiger charge is 2.19. The Hall–Kier alpha value is -2.16. The molecule has 0 atom stereocenters. The zero-order chi connectivity index (χ0) is 16.9. The summed E-state index contributed by atoms with van der Waals surface area (Å²) in [5.41, 5.74) is 3.85. The van der Waals surface area contributed by atoms with E-state index in [9.17, 15) is 0 Å². The van der Waals surface area contributed by atoms with Crippen molar-refractivity contribution in [3.05, 3.63) is 54.1 Å². The minimum absolute atomic E-state index is 0.630. The topological polar surface area (TPSA) is 15.7 Å². The third kappa shape index (κ3) is 3.92. The number of nitrogens with zero attached hydrogens (tertiary/aromatic N) is 2. The van der Waals surface area contributed by atoms with E-state index in [1.165, 1.54) is 62.1 Å². The van der Waals surface area contributed by atoms with Crippen molar-refractivity contribution in [2.75, 3.05) is 36.0 Å². The van der Waals surface area contributed by atoms with Gasteiger partial charge in [0.25, 0.3) is 0 Å². The van der Waals surface area contributed by atoms with Crippen LogP contribution in [0, 0.1) is 0 Å². The number of ether oxygens (including phenoxy) is 1. The van der Waals surface area contributed by atoms with E-state index < -0.39 is 0 Å². The standard InChI is InChI=1S/C22H28N2O/c1-3-9-19(10-4-1)18-25-22-12-11-20(23-13-7-8-14-23)17-21(22)24-15-5-2-6-16-24/h1,3-4,9-12,17H,2,5-8,13-16,18H2. The molecule has 0 spiro atoms. The van der Waals surface area contributed by atoms with Gasteiger partial charge in [0, 0.05) is 31.9 Å². The molecule has 25 heavy (non-hydrogen) atoms. The number of hydrogen-bond acceptors (Lipinski definition) is 3. The fourth-order valence-corrected chi connectivity index (χ4v) is 3.92. The zero-order valence-corrected chi connectivity index (χ0v) is 15.0. The summed E-state index contributed by atoms with van der Waals surface area (Å²) in [4.78, 5) is 5.03. The van der Waals surface area contributed by atoms with Crippen molar-refractivity contribution < 1.29 is 4.74 Å². The molecule has 0 amide bonds. The van der Waals surface area contributed by atoms with Gasteiger partial charge in [0.05, 0.1) is 5.69 Å². The summed E-state index contributed by atoms with van der Waals surface area (Å²) in [6, 6.07) is 17.2. The van der Waals surface area contributed by atoms with Crippen LogP contribution in [-0.2, 0) is 6.61 Å². The SMILES string of the molecule is c1ccc(COc2ccc(N3CCCC3)cc2N2CCCCC2)cc1. The Morgan fingerprint density at radius 1 is 0.720 bits per heavy atom. The molecule has 2 aromatic rings. The zero-order valence-electron chi connectivity index (χ0n) is 15.0. The van der Waals surface area contributed by atoms with Crippen LogP contribution in [0.25, 0.3) is 0 Å². The first-order valence-electron chi connectivity index (χ1n) is 9.71. The Balaban J connectivity index is 1.57. The predicted molar refractivity (Wildman–Crippen MR) is 105 cm³/mol. The molecule has 0 bridgehead atoms. The van der Waals surface area contributed by atoms with Crippen LogP contribution in [0.2, 0.25) is 0 Å². The maximum atomic E-state index is 6.23. The minimum atomic E-state index is 0.630. The molecule has 0 aliphatic carbocycles. The van der Waals surface area contributed by atoms with Crippen molar-refractivity contribution in [1.29, 1.82) is 0 Å². The monoisotopic (exact) mass is 336 g/mol. The highest BCUT2D eigenvalue weighted by molar-refractivity contribution is 5.67. The smallest absolute Gasteiger partial charge is 0.143 e. The van der Waals surface area contributed by atoms with E-state index in [0.29, 0.717) is 6.61 Å². The summed E-state index contributed by atoms with van der Waals surface area (Å²) in [5, 5.41) is 0. The van der Waals surface area contributed by atoms with Crippen molar-refractivity contribution in [1.82, 2.24) is 0 Å². The van der Waals surface area contributed by atoms with Crippen molar-refractivity contribution in [2.45, 2.75) is 38.7 Å². The first-order valence-corrected chi connectivity index (χ1v) is 9.71. The Kier molecular flexibility index (Phi) is 5.10. The molecule has 0 radical (unpaired) electrons. The molecule has 0 aromatic heterocycles. The van der Waals surface area contributed by atoms with E-state index in [-0.39, 0.29) is 0 Å². The Bertz CT molecular complexity index is 674. The van der Waals surface area contributed by atoms with Crippen LogP contribution in [0.1, 0.15) is 37.7 Å². The van der Waals surface area contributed by atoms with E-state index in [4.69, 9.17) is 4.74 Å². The van der Waals surface area contributed by atoms with Gasteiger partial charge in [-0.15, -0.1) is 0 Å². The van der Waals surface area contributed by atoms with Gasteiger partial charge in [-0.3, -0.25) is 0 Å². The lowest BCUT2D eigenvalue weighted by Crippen LogP contribution is -2.30. The molecule has 2 saturated heterocycles. The Labute approximate surface area is 151 Å². The van der Waals surface area contributed by atoms with Gasteiger partial charge in [-0.1, -0.05) is 30.3 Å². The number of rotatable bonds is 5. The average molecular weight is 336 g/mol. The molecule has 2 aromatic carbocycles. The maximum absolute atomic E-state index is 6.23. The predicted octanol–water partition coefficient (Wildman–Crippen LogP) is 4.86. The fraction of sp³-hybridized carbons (Fsp3) is 0.455. The van der Waals surface area contributed by atoms with E-state index in [1.54, 1.807) is 0 Å². The summed E-state index contributed by atoms with van der Waals surface area (Å²) in [7, 11) is 0. The maximum Gasteiger partial charge on any atom is 0.143 e. The van der Waals surface area contributed by atoms with Crippen molar-refractivity contribution in [3.63, 3.8) is 0 Å². The first kappa shape index (κ1) is 16.3. The number of anilines is 2. The largest absolute Gasteiger partial charge is 0.487 e. The van der Waals surface area contributed by atoms with Crippen LogP contribution in [0.5, 0.6) is 5.75 Å². The van der Waals surface area contributed by atoms with Gasteiger partial charge >= 0.3 is 0 Å².